The van der Waals surface area contributed by atoms with Gasteiger partial charge in [-0.1, -0.05) is 0 Å². The molecule has 0 heterocycles. The van der Waals surface area contributed by atoms with Crippen LogP contribution >= 0.6 is 0 Å². The van der Waals surface area contributed by atoms with Crippen LogP contribution in [0.3, 0.4) is 0 Å². The molecule has 132 valence electrons. The van der Waals surface area contributed by atoms with Crippen LogP contribution in [0.2, 0.25) is 0 Å². The minimum atomic E-state index is -2.25. The second-order valence-electron chi connectivity index (χ2n) is 5.30. The Hall–Kier alpha value is -2.55. The van der Waals surface area contributed by atoms with Crippen molar-refractivity contribution < 1.29 is 33.0 Å². The van der Waals surface area contributed by atoms with E-state index in [1.807, 2.05) is 5.32 Å². The minimum Gasteiger partial charge on any atom is -0.465 e. The molecule has 0 aliphatic rings. The molecule has 24 heavy (non-hydrogen) atoms. The summed E-state index contributed by atoms with van der Waals surface area (Å²) >= 11 is 0. The quantitative estimate of drug-likeness (QED) is 0.498. The first-order chi connectivity index (χ1) is 11.0. The molecule has 0 unspecified atom stereocenters. The van der Waals surface area contributed by atoms with E-state index in [2.05, 4.69) is 10.1 Å². The number of ether oxygens (including phenoxy) is 1. The molecular formula is C15H18F2N2O5. The second kappa shape index (κ2) is 7.82. The molecule has 1 rings (SSSR count). The number of halogens is 2. The van der Waals surface area contributed by atoms with E-state index >= 15 is 0 Å². The highest BCUT2D eigenvalue weighted by atomic mass is 19.1. The zero-order valence-electron chi connectivity index (χ0n) is 13.4. The molecule has 0 fully saturated rings. The molecule has 0 aliphatic heterocycles. The Morgan fingerprint density at radius 3 is 2.29 bits per heavy atom. The zero-order chi connectivity index (χ0) is 18.5. The predicted octanol–water partition coefficient (Wildman–Crippen LogP) is 0.00970. The van der Waals surface area contributed by atoms with E-state index in [0.29, 0.717) is 6.07 Å². The van der Waals surface area contributed by atoms with E-state index in [4.69, 9.17) is 0 Å². The van der Waals surface area contributed by atoms with Gasteiger partial charge >= 0.3 is 5.97 Å². The summed E-state index contributed by atoms with van der Waals surface area (Å²) in [5, 5.41) is 14.0. The first kappa shape index (κ1) is 19.5. The van der Waals surface area contributed by atoms with Crippen molar-refractivity contribution in [2.45, 2.75) is 32.0 Å². The minimum absolute atomic E-state index is 0.0964. The number of esters is 1. The maximum Gasteiger partial charge on any atom is 0.359 e. The molecule has 0 radical (unpaired) electrons. The number of amides is 2. The Morgan fingerprint density at radius 2 is 1.79 bits per heavy atom. The molecule has 0 saturated carbocycles. The Balaban J connectivity index is 2.63. The van der Waals surface area contributed by atoms with Crippen LogP contribution in [-0.2, 0) is 25.5 Å². The standard InChI is InChI=1S/C15H18F2N2O5/c1-8(13(21)19-15(2,23)14(22)24-3)18-12(20)6-9-4-10(16)7-11(17)5-9/h4-5,7-8,23H,6H2,1-3H3,(H,18,20)(H,19,21)/t8-,15+/m0/s1. The molecule has 0 aliphatic carbocycles. The molecule has 3 N–H and O–H groups in total. The lowest BCUT2D eigenvalue weighted by Crippen LogP contribution is -2.57. The van der Waals surface area contributed by atoms with Gasteiger partial charge in [0, 0.05) is 6.07 Å². The number of methoxy groups -OCH3 is 1. The van der Waals surface area contributed by atoms with Crippen LogP contribution in [0.1, 0.15) is 19.4 Å². The number of nitrogens with one attached hydrogen (secondary N) is 2. The molecule has 7 nitrogen and oxygen atoms in total. The first-order valence-electron chi connectivity index (χ1n) is 6.92. The van der Waals surface area contributed by atoms with Gasteiger partial charge in [0.15, 0.2) is 0 Å². The topological polar surface area (TPSA) is 105 Å². The lowest BCUT2D eigenvalue weighted by Gasteiger charge is -2.24. The van der Waals surface area contributed by atoms with Crippen LogP contribution < -0.4 is 10.6 Å². The summed E-state index contributed by atoms with van der Waals surface area (Å²) in [7, 11) is 1.03. The van der Waals surface area contributed by atoms with Crippen molar-refractivity contribution in [2.75, 3.05) is 7.11 Å². The summed E-state index contributed by atoms with van der Waals surface area (Å²) < 4.78 is 30.4. The molecule has 0 saturated heterocycles. The number of benzene rings is 1. The number of carbonyl (C=O) groups is 3. The number of hydrogen-bond acceptors (Lipinski definition) is 5. The van der Waals surface area contributed by atoms with Crippen molar-refractivity contribution >= 4 is 17.8 Å². The summed E-state index contributed by atoms with van der Waals surface area (Å²) in [6.07, 6.45) is -0.348. The Labute approximate surface area is 137 Å². The van der Waals surface area contributed by atoms with Crippen LogP contribution in [0.25, 0.3) is 0 Å². The van der Waals surface area contributed by atoms with Crippen LogP contribution in [-0.4, -0.2) is 41.8 Å². The second-order valence-corrected chi connectivity index (χ2v) is 5.30. The van der Waals surface area contributed by atoms with Crippen molar-refractivity contribution in [3.05, 3.63) is 35.4 Å². The number of carbonyl (C=O) groups excluding carboxylic acids is 3. The van der Waals surface area contributed by atoms with Gasteiger partial charge in [-0.15, -0.1) is 0 Å². The van der Waals surface area contributed by atoms with Crippen LogP contribution in [0, 0.1) is 11.6 Å². The summed E-state index contributed by atoms with van der Waals surface area (Å²) in [4.78, 5) is 35.0. The van der Waals surface area contributed by atoms with Gasteiger partial charge in [0.25, 0.3) is 0 Å². The van der Waals surface area contributed by atoms with Gasteiger partial charge in [0.1, 0.15) is 17.7 Å². The third-order valence-corrected chi connectivity index (χ3v) is 3.01. The summed E-state index contributed by atoms with van der Waals surface area (Å²) in [5.41, 5.74) is -2.16. The van der Waals surface area contributed by atoms with Crippen molar-refractivity contribution in [3.8, 4) is 0 Å². The van der Waals surface area contributed by atoms with Gasteiger partial charge in [-0.2, -0.15) is 0 Å². The Kier molecular flexibility index (Phi) is 6.35. The van der Waals surface area contributed by atoms with E-state index in [9.17, 15) is 28.3 Å². The highest BCUT2D eigenvalue weighted by Crippen LogP contribution is 2.09. The van der Waals surface area contributed by atoms with E-state index in [1.165, 1.54) is 6.92 Å². The lowest BCUT2D eigenvalue weighted by molar-refractivity contribution is -0.166. The summed E-state index contributed by atoms with van der Waals surface area (Å²) in [6, 6.07) is 1.56. The molecule has 0 aromatic heterocycles. The fourth-order valence-corrected chi connectivity index (χ4v) is 1.85. The number of aliphatic hydroxyl groups is 1. The zero-order valence-corrected chi connectivity index (χ0v) is 13.4. The van der Waals surface area contributed by atoms with E-state index < -0.39 is 41.2 Å². The maximum atomic E-state index is 13.1. The van der Waals surface area contributed by atoms with Gasteiger partial charge in [0.2, 0.25) is 17.5 Å². The fourth-order valence-electron chi connectivity index (χ4n) is 1.85. The molecule has 2 amide bonds. The molecule has 9 heteroatoms. The van der Waals surface area contributed by atoms with E-state index in [0.717, 1.165) is 26.2 Å². The maximum absolute atomic E-state index is 13.1. The van der Waals surface area contributed by atoms with Gasteiger partial charge in [-0.05, 0) is 31.5 Å². The molecule has 1 aromatic carbocycles. The van der Waals surface area contributed by atoms with Crippen molar-refractivity contribution in [3.63, 3.8) is 0 Å². The highest BCUT2D eigenvalue weighted by molar-refractivity contribution is 5.91. The largest absolute Gasteiger partial charge is 0.465 e. The molecule has 1 aromatic rings. The van der Waals surface area contributed by atoms with Gasteiger partial charge in [0.05, 0.1) is 13.5 Å². The van der Waals surface area contributed by atoms with Crippen LogP contribution in [0.15, 0.2) is 18.2 Å². The average molecular weight is 344 g/mol. The molecule has 0 spiro atoms. The van der Waals surface area contributed by atoms with E-state index in [1.54, 1.807) is 0 Å². The summed E-state index contributed by atoms with van der Waals surface area (Å²) in [6.45, 7) is 2.33. The highest BCUT2D eigenvalue weighted by Gasteiger charge is 2.34. The molecule has 0 bridgehead atoms. The average Bonchev–Trinajstić information content (AvgIpc) is 2.44. The monoisotopic (exact) mass is 344 g/mol. The fraction of sp³-hybridized carbons (Fsp3) is 0.400. The van der Waals surface area contributed by atoms with E-state index in [-0.39, 0.29) is 12.0 Å². The third kappa shape index (κ3) is 5.58. The summed E-state index contributed by atoms with van der Waals surface area (Å²) in [5.74, 6) is -4.23. The molecule has 2 atom stereocenters. The normalized spacial score (nSPS) is 14.2. The number of hydrogen-bond donors (Lipinski definition) is 3. The van der Waals surface area contributed by atoms with Gasteiger partial charge in [-0.3, -0.25) is 9.59 Å². The third-order valence-electron chi connectivity index (χ3n) is 3.01. The van der Waals surface area contributed by atoms with Gasteiger partial charge in [-0.25, -0.2) is 13.6 Å². The van der Waals surface area contributed by atoms with Crippen LogP contribution in [0.5, 0.6) is 0 Å². The predicted molar refractivity (Wildman–Crippen MR) is 78.4 cm³/mol. The Bertz CT molecular complexity index is 629. The SMILES string of the molecule is COC(=O)[C@@](C)(O)NC(=O)[C@H](C)NC(=O)Cc1cc(F)cc(F)c1. The van der Waals surface area contributed by atoms with Crippen molar-refractivity contribution in [1.82, 2.24) is 10.6 Å². The van der Waals surface area contributed by atoms with Crippen molar-refractivity contribution in [2.24, 2.45) is 0 Å². The first-order valence-corrected chi connectivity index (χ1v) is 6.92. The lowest BCUT2D eigenvalue weighted by atomic mass is 10.1. The van der Waals surface area contributed by atoms with Crippen molar-refractivity contribution in [1.29, 1.82) is 0 Å². The van der Waals surface area contributed by atoms with Crippen LogP contribution in [0.4, 0.5) is 8.78 Å². The molecular weight excluding hydrogens is 326 g/mol. The number of rotatable bonds is 6. The smallest absolute Gasteiger partial charge is 0.359 e. The Morgan fingerprint density at radius 1 is 1.25 bits per heavy atom. The van der Waals surface area contributed by atoms with Gasteiger partial charge < -0.3 is 20.5 Å².